The van der Waals surface area contributed by atoms with Gasteiger partial charge < -0.3 is 5.32 Å². The zero-order valence-electron chi connectivity index (χ0n) is 12.1. The molecule has 0 saturated heterocycles. The highest BCUT2D eigenvalue weighted by Crippen LogP contribution is 2.20. The summed E-state index contributed by atoms with van der Waals surface area (Å²) in [6.45, 7) is 2.63. The highest BCUT2D eigenvalue weighted by Gasteiger charge is 2.05. The highest BCUT2D eigenvalue weighted by atomic mass is 32.2. The predicted octanol–water partition coefficient (Wildman–Crippen LogP) is 4.27. The number of thioether (sulfide) groups is 1. The average Bonchev–Trinajstić information content (AvgIpc) is 2.53. The average molecular weight is 295 g/mol. The lowest BCUT2D eigenvalue weighted by Crippen LogP contribution is -2.04. The second-order valence-corrected chi connectivity index (χ2v) is 5.70. The van der Waals surface area contributed by atoms with Crippen molar-refractivity contribution in [1.82, 2.24) is 9.97 Å². The van der Waals surface area contributed by atoms with Crippen molar-refractivity contribution in [3.8, 4) is 0 Å². The van der Waals surface area contributed by atoms with E-state index in [9.17, 15) is 0 Å². The Morgan fingerprint density at radius 2 is 1.76 bits per heavy atom. The first-order chi connectivity index (χ1) is 10.3. The van der Waals surface area contributed by atoms with Gasteiger partial charge in [0.1, 0.15) is 5.82 Å². The number of rotatable bonds is 4. The van der Waals surface area contributed by atoms with Crippen molar-refractivity contribution in [2.24, 2.45) is 0 Å². The minimum atomic E-state index is 0.697. The SMILES string of the molecule is CSc1ccc(NCc2nc(C)nc3ccccc23)cc1. The predicted molar refractivity (Wildman–Crippen MR) is 89.8 cm³/mol. The Bertz CT molecular complexity index is 754. The molecule has 0 aliphatic heterocycles. The van der Waals surface area contributed by atoms with Crippen molar-refractivity contribution >= 4 is 28.4 Å². The van der Waals surface area contributed by atoms with Crippen LogP contribution in [0.1, 0.15) is 11.5 Å². The third-order valence-corrected chi connectivity index (χ3v) is 4.09. The number of hydrogen-bond acceptors (Lipinski definition) is 4. The highest BCUT2D eigenvalue weighted by molar-refractivity contribution is 7.98. The molecule has 4 heteroatoms. The molecule has 2 aromatic carbocycles. The maximum Gasteiger partial charge on any atom is 0.126 e. The number of para-hydroxylation sites is 1. The third kappa shape index (κ3) is 3.16. The number of fused-ring (bicyclic) bond motifs is 1. The Labute approximate surface area is 128 Å². The van der Waals surface area contributed by atoms with Crippen molar-refractivity contribution in [3.05, 3.63) is 60.0 Å². The molecule has 0 atom stereocenters. The zero-order chi connectivity index (χ0) is 14.7. The summed E-state index contributed by atoms with van der Waals surface area (Å²) in [5.41, 5.74) is 3.14. The monoisotopic (exact) mass is 295 g/mol. The molecule has 3 aromatic rings. The molecule has 0 saturated carbocycles. The first-order valence-electron chi connectivity index (χ1n) is 6.86. The van der Waals surface area contributed by atoms with Crippen molar-refractivity contribution < 1.29 is 0 Å². The summed E-state index contributed by atoms with van der Waals surface area (Å²) in [5, 5.41) is 4.54. The van der Waals surface area contributed by atoms with Crippen LogP contribution in [0.4, 0.5) is 5.69 Å². The summed E-state index contributed by atoms with van der Waals surface area (Å²) in [4.78, 5) is 10.3. The van der Waals surface area contributed by atoms with E-state index >= 15 is 0 Å². The van der Waals surface area contributed by atoms with E-state index in [1.54, 1.807) is 11.8 Å². The van der Waals surface area contributed by atoms with Gasteiger partial charge in [-0.3, -0.25) is 0 Å². The minimum absolute atomic E-state index is 0.697. The largest absolute Gasteiger partial charge is 0.379 e. The van der Waals surface area contributed by atoms with Crippen LogP contribution in [0.5, 0.6) is 0 Å². The topological polar surface area (TPSA) is 37.8 Å². The van der Waals surface area contributed by atoms with Gasteiger partial charge in [-0.05, 0) is 43.5 Å². The normalized spacial score (nSPS) is 10.8. The molecule has 21 heavy (non-hydrogen) atoms. The van der Waals surface area contributed by atoms with Crippen LogP contribution in [-0.2, 0) is 6.54 Å². The second-order valence-electron chi connectivity index (χ2n) is 4.82. The lowest BCUT2D eigenvalue weighted by Gasteiger charge is -2.09. The molecule has 0 spiro atoms. The van der Waals surface area contributed by atoms with Gasteiger partial charge in [-0.1, -0.05) is 18.2 Å². The van der Waals surface area contributed by atoms with Gasteiger partial charge in [0.05, 0.1) is 17.8 Å². The van der Waals surface area contributed by atoms with Gasteiger partial charge in [-0.25, -0.2) is 9.97 Å². The Hall–Kier alpha value is -2.07. The molecule has 0 bridgehead atoms. The summed E-state index contributed by atoms with van der Waals surface area (Å²) < 4.78 is 0. The van der Waals surface area contributed by atoms with Gasteiger partial charge in [0.2, 0.25) is 0 Å². The van der Waals surface area contributed by atoms with E-state index in [-0.39, 0.29) is 0 Å². The van der Waals surface area contributed by atoms with Crippen molar-refractivity contribution in [3.63, 3.8) is 0 Å². The summed E-state index contributed by atoms with van der Waals surface area (Å²) in [5.74, 6) is 0.809. The maximum absolute atomic E-state index is 4.57. The summed E-state index contributed by atoms with van der Waals surface area (Å²) in [6.07, 6.45) is 2.08. The van der Waals surface area contributed by atoms with E-state index in [1.807, 2.05) is 25.1 Å². The van der Waals surface area contributed by atoms with Crippen LogP contribution in [-0.4, -0.2) is 16.2 Å². The van der Waals surface area contributed by atoms with Gasteiger partial charge in [0.25, 0.3) is 0 Å². The Morgan fingerprint density at radius 1 is 1.00 bits per heavy atom. The van der Waals surface area contributed by atoms with E-state index in [1.165, 1.54) is 4.90 Å². The van der Waals surface area contributed by atoms with Gasteiger partial charge >= 0.3 is 0 Å². The number of aryl methyl sites for hydroxylation is 1. The Balaban J connectivity index is 1.84. The number of aromatic nitrogens is 2. The Kier molecular flexibility index (Phi) is 4.06. The van der Waals surface area contributed by atoms with Gasteiger partial charge in [-0.15, -0.1) is 11.8 Å². The molecule has 1 N–H and O–H groups in total. The molecule has 1 aromatic heterocycles. The van der Waals surface area contributed by atoms with Gasteiger partial charge in [0, 0.05) is 16.0 Å². The molecule has 0 fully saturated rings. The van der Waals surface area contributed by atoms with Gasteiger partial charge in [0.15, 0.2) is 0 Å². The summed E-state index contributed by atoms with van der Waals surface area (Å²) in [7, 11) is 0. The molecule has 0 amide bonds. The van der Waals surface area contributed by atoms with E-state index < -0.39 is 0 Å². The molecule has 0 unspecified atom stereocenters. The fourth-order valence-corrected chi connectivity index (χ4v) is 2.71. The summed E-state index contributed by atoms with van der Waals surface area (Å²) >= 11 is 1.75. The summed E-state index contributed by atoms with van der Waals surface area (Å²) in [6, 6.07) is 16.6. The molecule has 1 heterocycles. The molecule has 3 rings (SSSR count). The maximum atomic E-state index is 4.57. The van der Waals surface area contributed by atoms with Crippen LogP contribution in [0.2, 0.25) is 0 Å². The third-order valence-electron chi connectivity index (χ3n) is 3.34. The number of anilines is 1. The molecular weight excluding hydrogens is 278 g/mol. The van der Waals surface area contributed by atoms with Crippen LogP contribution in [0.25, 0.3) is 10.9 Å². The van der Waals surface area contributed by atoms with Crippen LogP contribution < -0.4 is 5.32 Å². The molecular formula is C17H17N3S. The quantitative estimate of drug-likeness (QED) is 0.729. The van der Waals surface area contributed by atoms with Crippen LogP contribution in [0.3, 0.4) is 0 Å². The molecule has 3 nitrogen and oxygen atoms in total. The van der Waals surface area contributed by atoms with E-state index in [0.717, 1.165) is 28.1 Å². The van der Waals surface area contributed by atoms with Crippen LogP contribution in [0, 0.1) is 6.92 Å². The molecule has 0 radical (unpaired) electrons. The van der Waals surface area contributed by atoms with Gasteiger partial charge in [-0.2, -0.15) is 0 Å². The number of hydrogen-bond donors (Lipinski definition) is 1. The molecule has 0 aliphatic carbocycles. The number of nitrogens with one attached hydrogen (secondary N) is 1. The number of nitrogens with zero attached hydrogens (tertiary/aromatic N) is 2. The first-order valence-corrected chi connectivity index (χ1v) is 8.09. The fourth-order valence-electron chi connectivity index (χ4n) is 2.30. The van der Waals surface area contributed by atoms with Crippen molar-refractivity contribution in [2.75, 3.05) is 11.6 Å². The Morgan fingerprint density at radius 3 is 2.52 bits per heavy atom. The molecule has 0 aliphatic rings. The lowest BCUT2D eigenvalue weighted by molar-refractivity contribution is 0.987. The van der Waals surface area contributed by atoms with Crippen LogP contribution >= 0.6 is 11.8 Å². The van der Waals surface area contributed by atoms with Crippen molar-refractivity contribution in [2.45, 2.75) is 18.4 Å². The van der Waals surface area contributed by atoms with E-state index in [4.69, 9.17) is 0 Å². The minimum Gasteiger partial charge on any atom is -0.379 e. The smallest absolute Gasteiger partial charge is 0.126 e. The molecule has 106 valence electrons. The van der Waals surface area contributed by atoms with Crippen LogP contribution in [0.15, 0.2) is 53.4 Å². The van der Waals surface area contributed by atoms with Crippen molar-refractivity contribution in [1.29, 1.82) is 0 Å². The standard InChI is InChI=1S/C17H17N3S/c1-12-19-16-6-4-3-5-15(16)17(20-12)11-18-13-7-9-14(21-2)10-8-13/h3-10,18H,11H2,1-2H3. The fraction of sp³-hybridized carbons (Fsp3) is 0.176. The number of benzene rings is 2. The lowest BCUT2D eigenvalue weighted by atomic mass is 10.2. The van der Waals surface area contributed by atoms with E-state index in [0.29, 0.717) is 6.54 Å². The second kappa shape index (κ2) is 6.14. The zero-order valence-corrected chi connectivity index (χ0v) is 12.9. The first kappa shape index (κ1) is 13.9. The van der Waals surface area contributed by atoms with E-state index in [2.05, 4.69) is 51.9 Å².